The minimum atomic E-state index is -0.929. The van der Waals surface area contributed by atoms with E-state index in [1.807, 2.05) is 12.1 Å². The van der Waals surface area contributed by atoms with E-state index in [4.69, 9.17) is 11.0 Å². The Bertz CT molecular complexity index is 419. The van der Waals surface area contributed by atoms with Crippen molar-refractivity contribution < 1.29 is 4.39 Å². The monoisotopic (exact) mass is 305 g/mol. The molecule has 1 aliphatic heterocycles. The van der Waals surface area contributed by atoms with Crippen LogP contribution in [-0.2, 0) is 6.54 Å². The number of hydrogen-bond acceptors (Lipinski definition) is 3. The molecule has 0 saturated carbocycles. The van der Waals surface area contributed by atoms with Crippen molar-refractivity contribution >= 4 is 24.8 Å². The van der Waals surface area contributed by atoms with E-state index in [0.29, 0.717) is 18.5 Å². The van der Waals surface area contributed by atoms with Crippen molar-refractivity contribution in [3.63, 3.8) is 0 Å². The standard InChI is InChI=1S/C13H16FN3.2ClH/c14-12-9-17(6-5-13(12)16)8-11-3-1-10(7-15)2-4-11;;/h1-4,12-13H,5-6,8-9,16H2;2*1H. The highest BCUT2D eigenvalue weighted by molar-refractivity contribution is 5.85. The van der Waals surface area contributed by atoms with Crippen LogP contribution in [0.15, 0.2) is 24.3 Å². The van der Waals surface area contributed by atoms with Gasteiger partial charge in [-0.2, -0.15) is 5.26 Å². The fraction of sp³-hybridized carbons (Fsp3) is 0.462. The largest absolute Gasteiger partial charge is 0.325 e. The molecule has 1 heterocycles. The SMILES string of the molecule is Cl.Cl.N#Cc1ccc(CN2CCC(N)C(F)C2)cc1. The van der Waals surface area contributed by atoms with Crippen LogP contribution in [0.2, 0.25) is 0 Å². The average Bonchev–Trinajstić information content (AvgIpc) is 2.35. The molecular formula is C13H18Cl2FN3. The van der Waals surface area contributed by atoms with Crippen LogP contribution in [0, 0.1) is 11.3 Å². The maximum absolute atomic E-state index is 13.4. The van der Waals surface area contributed by atoms with Crippen LogP contribution >= 0.6 is 24.8 Å². The molecule has 2 rings (SSSR count). The van der Waals surface area contributed by atoms with Gasteiger partial charge in [-0.05, 0) is 24.1 Å². The number of halogens is 3. The number of hydrogen-bond donors (Lipinski definition) is 1. The molecule has 0 radical (unpaired) electrons. The fourth-order valence-electron chi connectivity index (χ4n) is 2.07. The first kappa shape index (κ1) is 18.1. The minimum absolute atomic E-state index is 0. The van der Waals surface area contributed by atoms with Gasteiger partial charge in [0.05, 0.1) is 11.6 Å². The lowest BCUT2D eigenvalue weighted by Crippen LogP contribution is -2.48. The molecule has 1 aromatic carbocycles. The lowest BCUT2D eigenvalue weighted by Gasteiger charge is -2.32. The van der Waals surface area contributed by atoms with Crippen LogP contribution in [0.1, 0.15) is 17.5 Å². The highest BCUT2D eigenvalue weighted by Gasteiger charge is 2.25. The molecule has 0 amide bonds. The summed E-state index contributed by atoms with van der Waals surface area (Å²) in [6.07, 6.45) is -0.223. The predicted molar refractivity (Wildman–Crippen MR) is 78.4 cm³/mol. The van der Waals surface area contributed by atoms with Gasteiger partial charge in [0.2, 0.25) is 0 Å². The number of nitrogens with two attached hydrogens (primary N) is 1. The highest BCUT2D eigenvalue weighted by Crippen LogP contribution is 2.15. The first-order valence-corrected chi connectivity index (χ1v) is 5.80. The summed E-state index contributed by atoms with van der Waals surface area (Å²) < 4.78 is 13.4. The van der Waals surface area contributed by atoms with Crippen molar-refractivity contribution in [3.05, 3.63) is 35.4 Å². The molecule has 0 bridgehead atoms. The zero-order chi connectivity index (χ0) is 12.3. The molecule has 1 aliphatic rings. The molecule has 19 heavy (non-hydrogen) atoms. The van der Waals surface area contributed by atoms with Gasteiger partial charge >= 0.3 is 0 Å². The lowest BCUT2D eigenvalue weighted by molar-refractivity contribution is 0.114. The van der Waals surface area contributed by atoms with Crippen LogP contribution in [0.25, 0.3) is 0 Å². The normalized spacial score (nSPS) is 22.8. The molecule has 0 spiro atoms. The summed E-state index contributed by atoms with van der Waals surface area (Å²) in [6, 6.07) is 9.18. The quantitative estimate of drug-likeness (QED) is 0.912. The van der Waals surface area contributed by atoms with E-state index in [9.17, 15) is 4.39 Å². The Hall–Kier alpha value is -0.860. The van der Waals surface area contributed by atoms with Crippen LogP contribution in [-0.4, -0.2) is 30.2 Å². The summed E-state index contributed by atoms with van der Waals surface area (Å²) in [7, 11) is 0. The van der Waals surface area contributed by atoms with E-state index >= 15 is 0 Å². The first-order chi connectivity index (χ1) is 8.19. The Morgan fingerprint density at radius 3 is 2.47 bits per heavy atom. The molecular weight excluding hydrogens is 288 g/mol. The summed E-state index contributed by atoms with van der Waals surface area (Å²) in [5, 5.41) is 8.69. The minimum Gasteiger partial charge on any atom is -0.325 e. The topological polar surface area (TPSA) is 53.0 Å². The predicted octanol–water partition coefficient (Wildman–Crippen LogP) is 2.27. The Kier molecular flexibility index (Phi) is 7.96. The van der Waals surface area contributed by atoms with Crippen molar-refractivity contribution in [1.82, 2.24) is 4.90 Å². The van der Waals surface area contributed by atoms with Gasteiger partial charge in [0, 0.05) is 25.7 Å². The zero-order valence-electron chi connectivity index (χ0n) is 10.5. The molecule has 0 aromatic heterocycles. The second-order valence-electron chi connectivity index (χ2n) is 4.51. The third-order valence-corrected chi connectivity index (χ3v) is 3.17. The third-order valence-electron chi connectivity index (χ3n) is 3.17. The Morgan fingerprint density at radius 1 is 1.32 bits per heavy atom. The molecule has 2 N–H and O–H groups in total. The number of nitrogens with zero attached hydrogens (tertiary/aromatic N) is 2. The van der Waals surface area contributed by atoms with E-state index in [2.05, 4.69) is 11.0 Å². The Labute approximate surface area is 125 Å². The van der Waals surface area contributed by atoms with Crippen LogP contribution in [0.5, 0.6) is 0 Å². The molecule has 0 aliphatic carbocycles. The summed E-state index contributed by atoms with van der Waals surface area (Å²) >= 11 is 0. The van der Waals surface area contributed by atoms with Gasteiger partial charge in [0.25, 0.3) is 0 Å². The molecule has 1 aromatic rings. The number of nitriles is 1. The van der Waals surface area contributed by atoms with Crippen molar-refractivity contribution in [3.8, 4) is 6.07 Å². The van der Waals surface area contributed by atoms with Crippen molar-refractivity contribution in [2.45, 2.75) is 25.2 Å². The number of benzene rings is 1. The van der Waals surface area contributed by atoms with Crippen LogP contribution in [0.4, 0.5) is 4.39 Å². The van der Waals surface area contributed by atoms with Gasteiger partial charge in [-0.15, -0.1) is 24.8 Å². The second-order valence-corrected chi connectivity index (χ2v) is 4.51. The van der Waals surface area contributed by atoms with E-state index in [-0.39, 0.29) is 30.9 Å². The number of rotatable bonds is 2. The molecule has 3 nitrogen and oxygen atoms in total. The maximum Gasteiger partial charge on any atom is 0.128 e. The van der Waals surface area contributed by atoms with Crippen LogP contribution in [0.3, 0.4) is 0 Å². The summed E-state index contributed by atoms with van der Waals surface area (Å²) in [6.45, 7) is 1.96. The Morgan fingerprint density at radius 2 is 1.95 bits per heavy atom. The van der Waals surface area contributed by atoms with Crippen LogP contribution < -0.4 is 5.73 Å². The first-order valence-electron chi connectivity index (χ1n) is 5.80. The summed E-state index contributed by atoms with van der Waals surface area (Å²) in [5.41, 5.74) is 7.39. The van der Waals surface area contributed by atoms with E-state index < -0.39 is 6.17 Å². The molecule has 2 unspecified atom stereocenters. The summed E-state index contributed by atoms with van der Waals surface area (Å²) in [4.78, 5) is 2.06. The molecule has 1 fully saturated rings. The molecule has 1 saturated heterocycles. The van der Waals surface area contributed by atoms with Gasteiger partial charge in [-0.25, -0.2) is 4.39 Å². The third kappa shape index (κ3) is 4.96. The molecule has 106 valence electrons. The van der Waals surface area contributed by atoms with Gasteiger partial charge in [0.15, 0.2) is 0 Å². The van der Waals surface area contributed by atoms with E-state index in [1.165, 1.54) is 0 Å². The van der Waals surface area contributed by atoms with E-state index in [0.717, 1.165) is 18.7 Å². The number of piperidine rings is 1. The molecule has 2 atom stereocenters. The number of likely N-dealkylation sites (tertiary alicyclic amines) is 1. The highest BCUT2D eigenvalue weighted by atomic mass is 35.5. The van der Waals surface area contributed by atoms with E-state index in [1.54, 1.807) is 12.1 Å². The Balaban J connectivity index is 0.00000162. The lowest BCUT2D eigenvalue weighted by atomic mass is 10.0. The zero-order valence-corrected chi connectivity index (χ0v) is 12.1. The van der Waals surface area contributed by atoms with Crippen molar-refractivity contribution in [2.75, 3.05) is 13.1 Å². The summed E-state index contributed by atoms with van der Waals surface area (Å²) in [5.74, 6) is 0. The van der Waals surface area contributed by atoms with Gasteiger partial charge in [-0.1, -0.05) is 12.1 Å². The smallest absolute Gasteiger partial charge is 0.128 e. The number of alkyl halides is 1. The average molecular weight is 306 g/mol. The fourth-order valence-corrected chi connectivity index (χ4v) is 2.07. The van der Waals surface area contributed by atoms with Crippen molar-refractivity contribution in [2.24, 2.45) is 5.73 Å². The van der Waals surface area contributed by atoms with Gasteiger partial charge in [-0.3, -0.25) is 4.90 Å². The molecule has 6 heteroatoms. The second kappa shape index (κ2) is 8.34. The maximum atomic E-state index is 13.4. The van der Waals surface area contributed by atoms with Crippen molar-refractivity contribution in [1.29, 1.82) is 5.26 Å². The van der Waals surface area contributed by atoms with Gasteiger partial charge < -0.3 is 5.73 Å². The van der Waals surface area contributed by atoms with Gasteiger partial charge in [0.1, 0.15) is 6.17 Å².